The summed E-state index contributed by atoms with van der Waals surface area (Å²) in [6.07, 6.45) is 2.37. The van der Waals surface area contributed by atoms with Gasteiger partial charge in [-0.2, -0.15) is 0 Å². The Morgan fingerprint density at radius 3 is 2.58 bits per heavy atom. The van der Waals surface area contributed by atoms with Crippen LogP contribution in [0.3, 0.4) is 0 Å². The van der Waals surface area contributed by atoms with Gasteiger partial charge in [-0.1, -0.05) is 48.0 Å². The SMILES string of the molecule is C/C(=C\c1ccc2c(c1)N(S(=O)(=O)c1cccc(C)c1)[C@H](C)[C@H](N)C2)c1c(F)cccc1Cl. The van der Waals surface area contributed by atoms with Crippen molar-refractivity contribution >= 4 is 39.0 Å². The van der Waals surface area contributed by atoms with Crippen molar-refractivity contribution in [3.05, 3.63) is 93.8 Å². The van der Waals surface area contributed by atoms with Crippen molar-refractivity contribution in [2.24, 2.45) is 5.73 Å². The molecule has 0 aromatic heterocycles. The summed E-state index contributed by atoms with van der Waals surface area (Å²) in [4.78, 5) is 0.227. The number of allylic oxidation sites excluding steroid dienone is 1. The number of benzene rings is 3. The third-order valence-electron chi connectivity index (χ3n) is 6.08. The van der Waals surface area contributed by atoms with Gasteiger partial charge in [0.15, 0.2) is 0 Å². The summed E-state index contributed by atoms with van der Waals surface area (Å²) >= 11 is 6.22. The molecule has 7 heteroatoms. The van der Waals surface area contributed by atoms with Gasteiger partial charge in [-0.15, -0.1) is 0 Å². The fraction of sp³-hybridized carbons (Fsp3) is 0.231. The van der Waals surface area contributed by atoms with E-state index in [1.807, 2.05) is 38.1 Å². The first kappa shape index (κ1) is 23.5. The summed E-state index contributed by atoms with van der Waals surface area (Å²) in [7, 11) is -3.84. The number of sulfonamides is 1. The van der Waals surface area contributed by atoms with Crippen LogP contribution >= 0.6 is 11.6 Å². The van der Waals surface area contributed by atoms with E-state index in [1.54, 1.807) is 43.3 Å². The normalized spacial score (nSPS) is 18.8. The molecule has 33 heavy (non-hydrogen) atoms. The Morgan fingerprint density at radius 2 is 1.88 bits per heavy atom. The van der Waals surface area contributed by atoms with Crippen LogP contribution in [0.4, 0.5) is 10.1 Å². The summed E-state index contributed by atoms with van der Waals surface area (Å²) in [6, 6.07) is 16.3. The molecule has 0 fully saturated rings. The zero-order valence-corrected chi connectivity index (χ0v) is 20.3. The summed E-state index contributed by atoms with van der Waals surface area (Å²) < 4.78 is 43.2. The zero-order chi connectivity index (χ0) is 23.9. The lowest BCUT2D eigenvalue weighted by Crippen LogP contribution is -2.53. The fourth-order valence-electron chi connectivity index (χ4n) is 4.30. The Labute approximate surface area is 199 Å². The number of nitrogens with zero attached hydrogens (tertiary/aromatic N) is 1. The van der Waals surface area contributed by atoms with Gasteiger partial charge < -0.3 is 5.73 Å². The van der Waals surface area contributed by atoms with Gasteiger partial charge in [0.05, 0.1) is 21.6 Å². The van der Waals surface area contributed by atoms with E-state index in [0.717, 1.165) is 16.7 Å². The number of nitrogens with two attached hydrogens (primary N) is 1. The molecule has 0 radical (unpaired) electrons. The number of rotatable bonds is 4. The van der Waals surface area contributed by atoms with Gasteiger partial charge in [0.2, 0.25) is 0 Å². The number of fused-ring (bicyclic) bond motifs is 1. The second-order valence-corrected chi connectivity index (χ2v) is 10.8. The van der Waals surface area contributed by atoms with Gasteiger partial charge in [0.1, 0.15) is 5.82 Å². The van der Waals surface area contributed by atoms with Gasteiger partial charge in [-0.05, 0) is 79.8 Å². The van der Waals surface area contributed by atoms with E-state index in [0.29, 0.717) is 28.3 Å². The summed E-state index contributed by atoms with van der Waals surface area (Å²) in [5.74, 6) is -0.405. The van der Waals surface area contributed by atoms with Gasteiger partial charge in [0, 0.05) is 11.6 Å². The Kier molecular flexibility index (Phi) is 6.36. The van der Waals surface area contributed by atoms with E-state index in [9.17, 15) is 12.8 Å². The molecular weight excluding hydrogens is 459 g/mol. The van der Waals surface area contributed by atoms with Crippen LogP contribution in [0.5, 0.6) is 0 Å². The highest BCUT2D eigenvalue weighted by Crippen LogP contribution is 2.37. The Balaban J connectivity index is 1.83. The smallest absolute Gasteiger partial charge is 0.264 e. The maximum atomic E-state index is 14.4. The van der Waals surface area contributed by atoms with Crippen LogP contribution in [0.1, 0.15) is 36.1 Å². The van der Waals surface area contributed by atoms with Gasteiger partial charge in [-0.3, -0.25) is 4.31 Å². The highest BCUT2D eigenvalue weighted by Gasteiger charge is 2.37. The minimum Gasteiger partial charge on any atom is -0.326 e. The molecule has 0 spiro atoms. The average molecular weight is 485 g/mol. The predicted octanol–water partition coefficient (Wildman–Crippen LogP) is 5.82. The molecule has 4 nitrogen and oxygen atoms in total. The van der Waals surface area contributed by atoms with Crippen LogP contribution in [0.2, 0.25) is 5.02 Å². The predicted molar refractivity (Wildman–Crippen MR) is 133 cm³/mol. The number of aryl methyl sites for hydroxylation is 1. The summed E-state index contributed by atoms with van der Waals surface area (Å²) in [5, 5.41) is 0.324. The third-order valence-corrected chi connectivity index (χ3v) is 8.29. The van der Waals surface area contributed by atoms with E-state index >= 15 is 0 Å². The van der Waals surface area contributed by atoms with Crippen LogP contribution in [0, 0.1) is 12.7 Å². The molecule has 3 aromatic carbocycles. The van der Waals surface area contributed by atoms with Crippen LogP contribution in [-0.4, -0.2) is 20.5 Å². The van der Waals surface area contributed by atoms with Gasteiger partial charge >= 0.3 is 0 Å². The maximum Gasteiger partial charge on any atom is 0.264 e. The monoisotopic (exact) mass is 484 g/mol. The highest BCUT2D eigenvalue weighted by molar-refractivity contribution is 7.92. The summed E-state index contributed by atoms with van der Waals surface area (Å²) in [5.41, 5.74) is 10.4. The van der Waals surface area contributed by atoms with Crippen molar-refractivity contribution in [1.82, 2.24) is 0 Å². The molecule has 0 aliphatic carbocycles. The molecule has 0 saturated heterocycles. The van der Waals surface area contributed by atoms with E-state index < -0.39 is 21.9 Å². The average Bonchev–Trinajstić information content (AvgIpc) is 2.74. The number of anilines is 1. The molecule has 172 valence electrons. The van der Waals surface area contributed by atoms with Crippen LogP contribution in [0.25, 0.3) is 11.6 Å². The number of hydrogen-bond donors (Lipinski definition) is 1. The molecule has 0 saturated carbocycles. The van der Waals surface area contributed by atoms with Crippen LogP contribution < -0.4 is 10.0 Å². The van der Waals surface area contributed by atoms with Crippen molar-refractivity contribution in [2.45, 2.75) is 44.2 Å². The zero-order valence-electron chi connectivity index (χ0n) is 18.7. The Hall–Kier alpha value is -2.67. The number of halogens is 2. The van der Waals surface area contributed by atoms with E-state index in [-0.39, 0.29) is 10.9 Å². The van der Waals surface area contributed by atoms with Crippen molar-refractivity contribution in [1.29, 1.82) is 0 Å². The molecule has 1 aliphatic rings. The molecule has 0 bridgehead atoms. The summed E-state index contributed by atoms with van der Waals surface area (Å²) in [6.45, 7) is 5.47. The molecule has 0 amide bonds. The fourth-order valence-corrected chi connectivity index (χ4v) is 6.45. The molecule has 1 aliphatic heterocycles. The van der Waals surface area contributed by atoms with E-state index in [2.05, 4.69) is 0 Å². The molecule has 2 atom stereocenters. The third kappa shape index (κ3) is 4.43. The Bertz CT molecular complexity index is 1330. The van der Waals surface area contributed by atoms with Crippen molar-refractivity contribution in [2.75, 3.05) is 4.31 Å². The lowest BCUT2D eigenvalue weighted by molar-refractivity contribution is 0.515. The first-order chi connectivity index (χ1) is 15.6. The highest BCUT2D eigenvalue weighted by atomic mass is 35.5. The molecular formula is C26H26ClFN2O2S. The molecule has 1 heterocycles. The van der Waals surface area contributed by atoms with Crippen LogP contribution in [-0.2, 0) is 16.4 Å². The van der Waals surface area contributed by atoms with Crippen molar-refractivity contribution in [3.8, 4) is 0 Å². The van der Waals surface area contributed by atoms with Crippen LogP contribution in [0.15, 0.2) is 65.6 Å². The second kappa shape index (κ2) is 8.93. The lowest BCUT2D eigenvalue weighted by atomic mass is 9.93. The molecule has 4 rings (SSSR count). The maximum absolute atomic E-state index is 14.4. The standard InChI is InChI=1S/C26H26ClFN2O2S/c1-16-6-4-7-21(12-16)33(31,32)30-18(3)24(29)15-20-11-10-19(14-25(20)30)13-17(2)26-22(27)8-5-9-23(26)28/h4-14,18,24H,15,29H2,1-3H3/b17-13+/t18-,24-/m1/s1. The minimum atomic E-state index is -3.84. The van der Waals surface area contributed by atoms with Gasteiger partial charge in [-0.25, -0.2) is 12.8 Å². The van der Waals surface area contributed by atoms with E-state index in [1.165, 1.54) is 10.4 Å². The molecule has 2 N–H and O–H groups in total. The van der Waals surface area contributed by atoms with E-state index in [4.69, 9.17) is 17.3 Å². The quantitative estimate of drug-likeness (QED) is 0.475. The van der Waals surface area contributed by atoms with Crippen molar-refractivity contribution < 1.29 is 12.8 Å². The first-order valence-corrected chi connectivity index (χ1v) is 12.5. The molecule has 3 aromatic rings. The van der Waals surface area contributed by atoms with Gasteiger partial charge in [0.25, 0.3) is 10.0 Å². The lowest BCUT2D eigenvalue weighted by Gasteiger charge is -2.39. The second-order valence-electron chi connectivity index (χ2n) is 8.54. The first-order valence-electron chi connectivity index (χ1n) is 10.7. The minimum absolute atomic E-state index is 0.227. The topological polar surface area (TPSA) is 63.4 Å². The Morgan fingerprint density at radius 1 is 1.15 bits per heavy atom. The number of hydrogen-bond acceptors (Lipinski definition) is 3. The molecule has 0 unspecified atom stereocenters. The van der Waals surface area contributed by atoms with Crippen molar-refractivity contribution in [3.63, 3.8) is 0 Å². The largest absolute Gasteiger partial charge is 0.326 e.